The van der Waals surface area contributed by atoms with Crippen LogP contribution in [0.3, 0.4) is 0 Å². The maximum atomic E-state index is 14.7. The third-order valence-electron chi connectivity index (χ3n) is 6.27. The van der Waals surface area contributed by atoms with E-state index in [9.17, 15) is 22.8 Å². The average molecular weight is 457 g/mol. The van der Waals surface area contributed by atoms with E-state index >= 15 is 0 Å². The van der Waals surface area contributed by atoms with Crippen molar-refractivity contribution in [2.75, 3.05) is 12.0 Å². The molecule has 2 N–H and O–H groups in total. The van der Waals surface area contributed by atoms with Crippen LogP contribution in [0.1, 0.15) is 53.8 Å². The molecule has 1 aliphatic rings. The van der Waals surface area contributed by atoms with Gasteiger partial charge in [-0.3, -0.25) is 9.59 Å². The summed E-state index contributed by atoms with van der Waals surface area (Å²) >= 11 is 0. The van der Waals surface area contributed by atoms with Crippen molar-refractivity contribution in [2.24, 2.45) is 5.92 Å². The van der Waals surface area contributed by atoms with Gasteiger partial charge in [-0.2, -0.15) is 0 Å². The molecule has 1 amide bonds. The summed E-state index contributed by atoms with van der Waals surface area (Å²) < 4.78 is 43.1. The topological polar surface area (TPSA) is 63.1 Å². The Morgan fingerprint density at radius 2 is 1.91 bits per heavy atom. The standard InChI is InChI=1S/C25H26F3N3O2/c1-14(26)13-29-31-15(2)21(19-10-5-11-20(28)22(19)25(31)33)24(32)30-23(16-6-3-7-16)17-8-4-9-18(27)12-17/h4-5,8-12,14,16,23,29H,3,6-7,13H2,1-2H3,(H,30,32)/t14?,23-/m0/s1. The Morgan fingerprint density at radius 1 is 1.18 bits per heavy atom. The monoisotopic (exact) mass is 457 g/mol. The second-order valence-electron chi connectivity index (χ2n) is 8.60. The van der Waals surface area contributed by atoms with Crippen molar-refractivity contribution in [2.45, 2.75) is 45.3 Å². The van der Waals surface area contributed by atoms with E-state index in [1.807, 2.05) is 0 Å². The lowest BCUT2D eigenvalue weighted by Gasteiger charge is -2.35. The summed E-state index contributed by atoms with van der Waals surface area (Å²) in [5.74, 6) is -1.52. The van der Waals surface area contributed by atoms with Crippen LogP contribution in [0.2, 0.25) is 0 Å². The lowest BCUT2D eigenvalue weighted by molar-refractivity contribution is 0.0900. The van der Waals surface area contributed by atoms with Gasteiger partial charge < -0.3 is 10.7 Å². The highest BCUT2D eigenvalue weighted by Crippen LogP contribution is 2.38. The molecule has 5 nitrogen and oxygen atoms in total. The Labute approximate surface area is 189 Å². The van der Waals surface area contributed by atoms with E-state index in [-0.39, 0.29) is 34.5 Å². The molecule has 0 saturated heterocycles. The number of carbonyl (C=O) groups excluding carboxylic acids is 1. The molecule has 0 radical (unpaired) electrons. The molecule has 1 saturated carbocycles. The molecule has 4 rings (SSSR count). The van der Waals surface area contributed by atoms with Crippen LogP contribution >= 0.6 is 0 Å². The Bertz CT molecular complexity index is 1250. The van der Waals surface area contributed by atoms with E-state index < -0.39 is 35.3 Å². The predicted octanol–water partition coefficient (Wildman–Crippen LogP) is 4.76. The number of carbonyl (C=O) groups is 1. The summed E-state index contributed by atoms with van der Waals surface area (Å²) in [7, 11) is 0. The molecular formula is C25H26F3N3O2. The van der Waals surface area contributed by atoms with E-state index in [0.29, 0.717) is 5.56 Å². The quantitative estimate of drug-likeness (QED) is 0.538. The van der Waals surface area contributed by atoms with Crippen molar-refractivity contribution in [3.63, 3.8) is 0 Å². The maximum Gasteiger partial charge on any atom is 0.279 e. The van der Waals surface area contributed by atoms with Gasteiger partial charge in [0.15, 0.2) is 0 Å². The van der Waals surface area contributed by atoms with Gasteiger partial charge in [-0.25, -0.2) is 17.8 Å². The highest BCUT2D eigenvalue weighted by atomic mass is 19.1. The van der Waals surface area contributed by atoms with Gasteiger partial charge in [-0.05, 0) is 56.4 Å². The number of benzene rings is 2. The fourth-order valence-corrected chi connectivity index (χ4v) is 4.37. The summed E-state index contributed by atoms with van der Waals surface area (Å²) in [6.07, 6.45) is 1.55. The fourth-order valence-electron chi connectivity index (χ4n) is 4.37. The number of fused-ring (bicyclic) bond motifs is 1. The van der Waals surface area contributed by atoms with Gasteiger partial charge in [0.05, 0.1) is 29.2 Å². The Balaban J connectivity index is 1.81. The number of alkyl halides is 1. The van der Waals surface area contributed by atoms with Gasteiger partial charge in [0.25, 0.3) is 11.5 Å². The van der Waals surface area contributed by atoms with Crippen molar-refractivity contribution in [3.05, 3.63) is 81.3 Å². The largest absolute Gasteiger partial charge is 0.345 e. The molecule has 33 heavy (non-hydrogen) atoms. The van der Waals surface area contributed by atoms with E-state index in [1.165, 1.54) is 31.2 Å². The molecule has 0 bridgehead atoms. The molecule has 1 unspecified atom stereocenters. The zero-order valence-corrected chi connectivity index (χ0v) is 18.5. The molecule has 1 aromatic heterocycles. The van der Waals surface area contributed by atoms with Crippen LogP contribution in [0.15, 0.2) is 47.3 Å². The van der Waals surface area contributed by atoms with Crippen LogP contribution in [0.25, 0.3) is 10.8 Å². The van der Waals surface area contributed by atoms with Crippen LogP contribution in [0.4, 0.5) is 13.2 Å². The Kier molecular flexibility index (Phi) is 6.44. The smallest absolute Gasteiger partial charge is 0.279 e. The highest BCUT2D eigenvalue weighted by molar-refractivity contribution is 6.08. The molecule has 1 heterocycles. The van der Waals surface area contributed by atoms with Crippen LogP contribution < -0.4 is 16.3 Å². The SMILES string of the molecule is Cc1c(C(=O)N[C@H](c2cccc(F)c2)C2CCC2)c2cccc(F)c2c(=O)n1NCC(C)F. The lowest BCUT2D eigenvalue weighted by Crippen LogP contribution is -2.39. The van der Waals surface area contributed by atoms with Crippen LogP contribution in [0, 0.1) is 24.5 Å². The summed E-state index contributed by atoms with van der Waals surface area (Å²) in [5.41, 5.74) is 2.98. The van der Waals surface area contributed by atoms with Gasteiger partial charge in [0, 0.05) is 5.39 Å². The van der Waals surface area contributed by atoms with Gasteiger partial charge >= 0.3 is 0 Å². The predicted molar refractivity (Wildman–Crippen MR) is 122 cm³/mol. The first kappa shape index (κ1) is 22.9. The molecule has 174 valence electrons. The zero-order valence-electron chi connectivity index (χ0n) is 18.5. The van der Waals surface area contributed by atoms with Gasteiger partial charge in [-0.1, -0.05) is 30.7 Å². The van der Waals surface area contributed by atoms with Crippen LogP contribution in [-0.4, -0.2) is 23.3 Å². The lowest BCUT2D eigenvalue weighted by atomic mass is 9.77. The van der Waals surface area contributed by atoms with Crippen molar-refractivity contribution in [1.82, 2.24) is 9.99 Å². The Morgan fingerprint density at radius 3 is 2.55 bits per heavy atom. The minimum absolute atomic E-state index is 0.115. The number of aromatic nitrogens is 1. The Hall–Kier alpha value is -3.29. The summed E-state index contributed by atoms with van der Waals surface area (Å²) in [5, 5.41) is 2.92. The number of hydrogen-bond acceptors (Lipinski definition) is 3. The molecule has 3 aromatic rings. The third kappa shape index (κ3) is 4.47. The number of nitrogens with one attached hydrogen (secondary N) is 2. The first-order valence-corrected chi connectivity index (χ1v) is 11.1. The molecule has 2 aromatic carbocycles. The van der Waals surface area contributed by atoms with Crippen molar-refractivity contribution >= 4 is 16.7 Å². The van der Waals surface area contributed by atoms with E-state index in [4.69, 9.17) is 0 Å². The van der Waals surface area contributed by atoms with Gasteiger partial charge in [0.1, 0.15) is 17.8 Å². The maximum absolute atomic E-state index is 14.7. The molecule has 1 aliphatic carbocycles. The molecule has 0 spiro atoms. The van der Waals surface area contributed by atoms with Crippen LogP contribution in [0.5, 0.6) is 0 Å². The number of halogens is 3. The second-order valence-corrected chi connectivity index (χ2v) is 8.60. The summed E-state index contributed by atoms with van der Waals surface area (Å²) in [6, 6.07) is 9.78. The summed E-state index contributed by atoms with van der Waals surface area (Å²) in [4.78, 5) is 26.5. The fraction of sp³-hybridized carbons (Fsp3) is 0.360. The third-order valence-corrected chi connectivity index (χ3v) is 6.27. The molecule has 0 aliphatic heterocycles. The summed E-state index contributed by atoms with van der Waals surface area (Å²) in [6.45, 7) is 2.69. The molecular weight excluding hydrogens is 431 g/mol. The van der Waals surface area contributed by atoms with Crippen molar-refractivity contribution in [3.8, 4) is 0 Å². The number of pyridine rings is 1. The average Bonchev–Trinajstić information content (AvgIpc) is 2.71. The highest BCUT2D eigenvalue weighted by Gasteiger charge is 2.31. The van der Waals surface area contributed by atoms with Crippen molar-refractivity contribution < 1.29 is 18.0 Å². The first-order chi connectivity index (χ1) is 15.8. The molecule has 8 heteroatoms. The minimum atomic E-state index is -1.26. The molecule has 2 atom stereocenters. The van der Waals surface area contributed by atoms with E-state index in [2.05, 4.69) is 10.7 Å². The number of amides is 1. The van der Waals surface area contributed by atoms with Crippen molar-refractivity contribution in [1.29, 1.82) is 0 Å². The number of rotatable bonds is 7. The van der Waals surface area contributed by atoms with E-state index in [0.717, 1.165) is 30.0 Å². The van der Waals surface area contributed by atoms with Gasteiger partial charge in [0.2, 0.25) is 0 Å². The number of nitrogens with zero attached hydrogens (tertiary/aromatic N) is 1. The first-order valence-electron chi connectivity index (χ1n) is 11.1. The van der Waals surface area contributed by atoms with Crippen LogP contribution in [-0.2, 0) is 0 Å². The second kappa shape index (κ2) is 9.29. The minimum Gasteiger partial charge on any atom is -0.345 e. The normalized spacial score (nSPS) is 15.7. The zero-order chi connectivity index (χ0) is 23.7. The number of hydrogen-bond donors (Lipinski definition) is 2. The van der Waals surface area contributed by atoms with Gasteiger partial charge in [-0.15, -0.1) is 0 Å². The van der Waals surface area contributed by atoms with E-state index in [1.54, 1.807) is 19.1 Å². The molecule has 1 fully saturated rings.